The molecule has 28 heavy (non-hydrogen) atoms. The maximum Gasteiger partial charge on any atom is 0.268 e. The van der Waals surface area contributed by atoms with E-state index in [1.807, 2.05) is 0 Å². The zero-order chi connectivity index (χ0) is 19.9. The van der Waals surface area contributed by atoms with Crippen LogP contribution in [0.4, 0.5) is 0 Å². The molecule has 1 aromatic heterocycles. The molecule has 0 atom stereocenters. The molecule has 1 aliphatic rings. The molecule has 146 valence electrons. The Morgan fingerprint density at radius 1 is 1.18 bits per heavy atom. The average Bonchev–Trinajstić information content (AvgIpc) is 3.46. The minimum absolute atomic E-state index is 0.0364. The van der Waals surface area contributed by atoms with Gasteiger partial charge in [0.1, 0.15) is 0 Å². The van der Waals surface area contributed by atoms with Crippen LogP contribution in [0.3, 0.4) is 0 Å². The summed E-state index contributed by atoms with van der Waals surface area (Å²) in [5.41, 5.74) is 1.10. The van der Waals surface area contributed by atoms with Crippen LogP contribution in [0.5, 0.6) is 0 Å². The van der Waals surface area contributed by atoms with Crippen molar-refractivity contribution in [2.24, 2.45) is 5.92 Å². The molecular formula is C20H19ClN2O3S2. The Bertz CT molecular complexity index is 1150. The Morgan fingerprint density at radius 3 is 2.57 bits per heavy atom. The number of halogens is 1. The summed E-state index contributed by atoms with van der Waals surface area (Å²) in [6.45, 7) is 0.372. The highest BCUT2D eigenvalue weighted by Gasteiger charge is 2.29. The second-order valence-electron chi connectivity index (χ2n) is 6.90. The number of hydrogen-bond donors (Lipinski definition) is 2. The first-order valence-electron chi connectivity index (χ1n) is 8.99. The summed E-state index contributed by atoms with van der Waals surface area (Å²) in [4.78, 5) is 12.6. The van der Waals surface area contributed by atoms with Gasteiger partial charge in [-0.2, -0.15) is 0 Å². The van der Waals surface area contributed by atoms with Gasteiger partial charge in [-0.1, -0.05) is 29.8 Å². The molecule has 4 rings (SSSR count). The van der Waals surface area contributed by atoms with Crippen molar-refractivity contribution in [3.05, 3.63) is 59.2 Å². The number of carbonyl (C=O) groups excluding carboxylic acids is 1. The zero-order valence-electron chi connectivity index (χ0n) is 14.9. The van der Waals surface area contributed by atoms with Gasteiger partial charge >= 0.3 is 0 Å². The van der Waals surface area contributed by atoms with Crippen molar-refractivity contribution < 1.29 is 13.2 Å². The van der Waals surface area contributed by atoms with Gasteiger partial charge in [0, 0.05) is 34.9 Å². The molecule has 1 amide bonds. The van der Waals surface area contributed by atoms with Crippen LogP contribution in [-0.4, -0.2) is 24.8 Å². The highest BCUT2D eigenvalue weighted by molar-refractivity contribution is 7.90. The van der Waals surface area contributed by atoms with Gasteiger partial charge in [-0.05, 0) is 43.2 Å². The first kappa shape index (κ1) is 19.4. The van der Waals surface area contributed by atoms with Crippen LogP contribution in [0.2, 0.25) is 5.02 Å². The van der Waals surface area contributed by atoms with Gasteiger partial charge in [0.05, 0.1) is 15.4 Å². The van der Waals surface area contributed by atoms with Gasteiger partial charge in [0.2, 0.25) is 5.91 Å². The van der Waals surface area contributed by atoms with E-state index in [2.05, 4.69) is 17.9 Å². The lowest BCUT2D eigenvalue weighted by Gasteiger charge is -2.13. The summed E-state index contributed by atoms with van der Waals surface area (Å²) in [6.07, 6.45) is 2.24. The van der Waals surface area contributed by atoms with E-state index in [0.29, 0.717) is 39.5 Å². The van der Waals surface area contributed by atoms with Crippen molar-refractivity contribution in [1.82, 2.24) is 9.29 Å². The highest BCUT2D eigenvalue weighted by Crippen LogP contribution is 2.32. The molecule has 3 aromatic rings. The average molecular weight is 435 g/mol. The van der Waals surface area contributed by atoms with Crippen LogP contribution >= 0.6 is 24.2 Å². The predicted octanol–water partition coefficient (Wildman–Crippen LogP) is 3.89. The van der Waals surface area contributed by atoms with E-state index in [9.17, 15) is 13.2 Å². The fourth-order valence-corrected chi connectivity index (χ4v) is 5.15. The molecule has 1 saturated carbocycles. The van der Waals surface area contributed by atoms with Crippen molar-refractivity contribution in [3.8, 4) is 0 Å². The third kappa shape index (κ3) is 3.66. The van der Waals surface area contributed by atoms with E-state index in [1.165, 1.54) is 3.97 Å². The molecular weight excluding hydrogens is 416 g/mol. The standard InChI is InChI=1S/C20H19ClN2O3S2/c21-17-11-14-10-15(8-9-22-20(24)13-6-7-13)23(18(14)12-19(17)27)28(25,26)16-4-2-1-3-5-16/h1-5,10-13,27H,6-9H2,(H,22,24). The lowest BCUT2D eigenvalue weighted by atomic mass is 10.2. The number of hydrogen-bond acceptors (Lipinski definition) is 4. The van der Waals surface area contributed by atoms with Crippen molar-refractivity contribution >= 4 is 51.1 Å². The van der Waals surface area contributed by atoms with Crippen LogP contribution in [0.15, 0.2) is 58.3 Å². The Kier molecular flexibility index (Phi) is 5.16. The summed E-state index contributed by atoms with van der Waals surface area (Å²) in [5.74, 6) is 0.152. The van der Waals surface area contributed by atoms with Gasteiger partial charge in [0.15, 0.2) is 0 Å². The third-order valence-corrected chi connectivity index (χ3v) is 7.40. The molecule has 0 spiro atoms. The van der Waals surface area contributed by atoms with E-state index < -0.39 is 10.0 Å². The number of benzene rings is 2. The molecule has 0 unspecified atom stereocenters. The van der Waals surface area contributed by atoms with Crippen molar-refractivity contribution in [2.45, 2.75) is 29.1 Å². The molecule has 2 aromatic carbocycles. The van der Waals surface area contributed by atoms with E-state index >= 15 is 0 Å². The van der Waals surface area contributed by atoms with Crippen LogP contribution < -0.4 is 5.32 Å². The largest absolute Gasteiger partial charge is 0.355 e. The first-order valence-corrected chi connectivity index (χ1v) is 11.3. The topological polar surface area (TPSA) is 68.2 Å². The maximum absolute atomic E-state index is 13.4. The van der Waals surface area contributed by atoms with Gasteiger partial charge in [0.25, 0.3) is 10.0 Å². The third-order valence-electron chi connectivity index (χ3n) is 4.81. The van der Waals surface area contributed by atoms with Gasteiger partial charge in [-0.15, -0.1) is 12.6 Å². The molecule has 1 N–H and O–H groups in total. The number of nitrogens with one attached hydrogen (secondary N) is 1. The number of rotatable bonds is 6. The molecule has 0 radical (unpaired) electrons. The monoisotopic (exact) mass is 434 g/mol. The minimum atomic E-state index is -3.81. The summed E-state index contributed by atoms with van der Waals surface area (Å²) >= 11 is 10.5. The second kappa shape index (κ2) is 7.46. The molecule has 0 saturated heterocycles. The molecule has 1 fully saturated rings. The molecule has 5 nitrogen and oxygen atoms in total. The second-order valence-corrected chi connectivity index (χ2v) is 9.57. The quantitative estimate of drug-likeness (QED) is 0.578. The minimum Gasteiger partial charge on any atom is -0.355 e. The van der Waals surface area contributed by atoms with E-state index in [4.69, 9.17) is 11.6 Å². The predicted molar refractivity (Wildman–Crippen MR) is 113 cm³/mol. The smallest absolute Gasteiger partial charge is 0.268 e. The van der Waals surface area contributed by atoms with Crippen LogP contribution in [0.25, 0.3) is 10.9 Å². The number of amides is 1. The molecule has 8 heteroatoms. The Labute approximate surface area is 174 Å². The Balaban J connectivity index is 1.77. The summed E-state index contributed by atoms with van der Waals surface area (Å²) in [5, 5.41) is 4.06. The number of aromatic nitrogens is 1. The molecule has 1 heterocycles. The van der Waals surface area contributed by atoms with Crippen LogP contribution in [-0.2, 0) is 21.2 Å². The van der Waals surface area contributed by atoms with Gasteiger partial charge < -0.3 is 5.32 Å². The molecule has 0 aliphatic heterocycles. The Hall–Kier alpha value is -1.96. The van der Waals surface area contributed by atoms with Crippen LogP contribution in [0.1, 0.15) is 18.5 Å². The highest BCUT2D eigenvalue weighted by atomic mass is 35.5. The van der Waals surface area contributed by atoms with Crippen molar-refractivity contribution in [1.29, 1.82) is 0 Å². The SMILES string of the molecule is O=C(NCCc1cc2cc(Cl)c(S)cc2n1S(=O)(=O)c1ccccc1)C1CC1. The lowest BCUT2D eigenvalue weighted by molar-refractivity contribution is -0.122. The van der Waals surface area contributed by atoms with Crippen LogP contribution in [0, 0.1) is 5.92 Å². The number of nitrogens with zero attached hydrogens (tertiary/aromatic N) is 1. The van der Waals surface area contributed by atoms with E-state index in [1.54, 1.807) is 48.5 Å². The fraction of sp³-hybridized carbons (Fsp3) is 0.250. The summed E-state index contributed by atoms with van der Waals surface area (Å²) in [7, 11) is -3.81. The fourth-order valence-electron chi connectivity index (χ4n) is 3.21. The summed E-state index contributed by atoms with van der Waals surface area (Å²) < 4.78 is 28.0. The van der Waals surface area contributed by atoms with Crippen molar-refractivity contribution in [2.75, 3.05) is 6.54 Å². The number of carbonyl (C=O) groups is 1. The van der Waals surface area contributed by atoms with Crippen molar-refractivity contribution in [3.63, 3.8) is 0 Å². The van der Waals surface area contributed by atoms with E-state index in [0.717, 1.165) is 12.8 Å². The lowest BCUT2D eigenvalue weighted by Crippen LogP contribution is -2.28. The molecule has 0 bridgehead atoms. The normalized spacial score (nSPS) is 14.4. The maximum atomic E-state index is 13.4. The van der Waals surface area contributed by atoms with Gasteiger partial charge in [-0.25, -0.2) is 12.4 Å². The summed E-state index contributed by atoms with van der Waals surface area (Å²) in [6, 6.07) is 13.5. The number of thiol groups is 1. The first-order chi connectivity index (χ1) is 13.4. The molecule has 1 aliphatic carbocycles. The van der Waals surface area contributed by atoms with E-state index in [-0.39, 0.29) is 16.7 Å². The number of fused-ring (bicyclic) bond motifs is 1. The zero-order valence-corrected chi connectivity index (χ0v) is 17.4. The Morgan fingerprint density at radius 2 is 1.89 bits per heavy atom. The van der Waals surface area contributed by atoms with Gasteiger partial charge in [-0.3, -0.25) is 4.79 Å².